The van der Waals surface area contributed by atoms with E-state index in [1.54, 1.807) is 6.20 Å². The number of pyridine rings is 1. The van der Waals surface area contributed by atoms with Gasteiger partial charge in [-0.2, -0.15) is 0 Å². The van der Waals surface area contributed by atoms with Gasteiger partial charge in [0.2, 0.25) is 11.6 Å². The molecule has 0 aliphatic heterocycles. The average Bonchev–Trinajstić information content (AvgIpc) is 2.75. The van der Waals surface area contributed by atoms with Crippen molar-refractivity contribution in [3.63, 3.8) is 0 Å². The molecule has 0 saturated carbocycles. The summed E-state index contributed by atoms with van der Waals surface area (Å²) in [5.41, 5.74) is 3.43. The number of hydrogen-bond acceptors (Lipinski definition) is 3. The van der Waals surface area contributed by atoms with E-state index < -0.39 is 0 Å². The van der Waals surface area contributed by atoms with Crippen LogP contribution in [0.3, 0.4) is 0 Å². The Morgan fingerprint density at radius 1 is 1.12 bits per heavy atom. The molecule has 4 heteroatoms. The first kappa shape index (κ1) is 10.5. The average molecular weight is 289 g/mol. The van der Waals surface area contributed by atoms with Crippen molar-refractivity contribution in [1.82, 2.24) is 9.97 Å². The van der Waals surface area contributed by atoms with E-state index in [9.17, 15) is 0 Å². The third-order valence-electron chi connectivity index (χ3n) is 2.59. The highest BCUT2D eigenvalue weighted by molar-refractivity contribution is 9.10. The van der Waals surface area contributed by atoms with Gasteiger partial charge in [-0.05, 0) is 42.8 Å². The Hall–Kier alpha value is -1.68. The Kier molecular flexibility index (Phi) is 2.44. The number of rotatable bonds is 1. The van der Waals surface area contributed by atoms with E-state index >= 15 is 0 Å². The number of halogens is 1. The van der Waals surface area contributed by atoms with Crippen LogP contribution in [0.2, 0.25) is 0 Å². The van der Waals surface area contributed by atoms with E-state index in [1.807, 2.05) is 37.3 Å². The zero-order valence-corrected chi connectivity index (χ0v) is 10.7. The second-order valence-corrected chi connectivity index (χ2v) is 4.72. The lowest BCUT2D eigenvalue weighted by Crippen LogP contribution is -1.79. The SMILES string of the molecule is Cc1ccnc2oc(-c3ccc(Br)cc3)nc12. The lowest BCUT2D eigenvalue weighted by molar-refractivity contribution is 0.608. The minimum atomic E-state index is 0.586. The highest BCUT2D eigenvalue weighted by Gasteiger charge is 2.10. The van der Waals surface area contributed by atoms with Gasteiger partial charge in [-0.25, -0.2) is 9.97 Å². The van der Waals surface area contributed by atoms with Gasteiger partial charge in [-0.15, -0.1) is 0 Å². The summed E-state index contributed by atoms with van der Waals surface area (Å²) in [4.78, 5) is 8.64. The van der Waals surface area contributed by atoms with E-state index in [1.165, 1.54) is 0 Å². The number of aryl methyl sites for hydroxylation is 1. The van der Waals surface area contributed by atoms with Crippen LogP contribution in [0.15, 0.2) is 45.4 Å². The van der Waals surface area contributed by atoms with Crippen molar-refractivity contribution in [3.8, 4) is 11.5 Å². The van der Waals surface area contributed by atoms with E-state index in [0.717, 1.165) is 21.1 Å². The zero-order valence-electron chi connectivity index (χ0n) is 9.14. The molecule has 84 valence electrons. The largest absolute Gasteiger partial charge is 0.418 e. The summed E-state index contributed by atoms with van der Waals surface area (Å²) in [7, 11) is 0. The number of hydrogen-bond donors (Lipinski definition) is 0. The van der Waals surface area contributed by atoms with E-state index in [0.29, 0.717) is 11.6 Å². The second kappa shape index (κ2) is 3.96. The minimum absolute atomic E-state index is 0.586. The maximum absolute atomic E-state index is 5.64. The predicted molar refractivity (Wildman–Crippen MR) is 69.7 cm³/mol. The van der Waals surface area contributed by atoms with Crippen molar-refractivity contribution in [2.45, 2.75) is 6.92 Å². The molecule has 2 aromatic heterocycles. The molecule has 0 radical (unpaired) electrons. The van der Waals surface area contributed by atoms with Crippen LogP contribution in [0.1, 0.15) is 5.56 Å². The van der Waals surface area contributed by atoms with Gasteiger partial charge in [-0.1, -0.05) is 15.9 Å². The van der Waals surface area contributed by atoms with E-state index in [-0.39, 0.29) is 0 Å². The molecule has 0 bridgehead atoms. The van der Waals surface area contributed by atoms with Crippen LogP contribution in [0.5, 0.6) is 0 Å². The molecule has 17 heavy (non-hydrogen) atoms. The van der Waals surface area contributed by atoms with Crippen molar-refractivity contribution in [2.75, 3.05) is 0 Å². The number of nitrogens with zero attached hydrogens (tertiary/aromatic N) is 2. The van der Waals surface area contributed by atoms with Crippen molar-refractivity contribution < 1.29 is 4.42 Å². The van der Waals surface area contributed by atoms with Crippen molar-refractivity contribution in [3.05, 3.63) is 46.6 Å². The van der Waals surface area contributed by atoms with Crippen LogP contribution in [0, 0.1) is 6.92 Å². The molecule has 0 spiro atoms. The molecule has 0 aliphatic carbocycles. The first-order valence-electron chi connectivity index (χ1n) is 5.22. The van der Waals surface area contributed by atoms with Crippen LogP contribution < -0.4 is 0 Å². The molecule has 0 aliphatic rings. The van der Waals surface area contributed by atoms with E-state index in [4.69, 9.17) is 4.42 Å². The molecule has 0 fully saturated rings. The fourth-order valence-corrected chi connectivity index (χ4v) is 1.93. The smallest absolute Gasteiger partial charge is 0.247 e. The maximum Gasteiger partial charge on any atom is 0.247 e. The topological polar surface area (TPSA) is 38.9 Å². The summed E-state index contributed by atoms with van der Waals surface area (Å²) in [6.07, 6.45) is 1.73. The number of aromatic nitrogens is 2. The lowest BCUT2D eigenvalue weighted by Gasteiger charge is -1.94. The quantitative estimate of drug-likeness (QED) is 0.680. The molecule has 2 heterocycles. The van der Waals surface area contributed by atoms with Crippen molar-refractivity contribution in [2.24, 2.45) is 0 Å². The predicted octanol–water partition coefficient (Wildman–Crippen LogP) is 3.96. The first-order chi connectivity index (χ1) is 8.24. The third kappa shape index (κ3) is 1.85. The summed E-state index contributed by atoms with van der Waals surface area (Å²) in [6.45, 7) is 2.00. The Bertz CT molecular complexity index is 673. The van der Waals surface area contributed by atoms with Crippen molar-refractivity contribution in [1.29, 1.82) is 0 Å². The molecule has 1 aromatic carbocycles. The van der Waals surface area contributed by atoms with Gasteiger partial charge in [0.15, 0.2) is 0 Å². The molecule has 3 aromatic rings. The Morgan fingerprint density at radius 3 is 2.59 bits per heavy atom. The fourth-order valence-electron chi connectivity index (χ4n) is 1.67. The summed E-state index contributed by atoms with van der Waals surface area (Å²) in [5, 5.41) is 0. The molecule has 3 rings (SSSR count). The van der Waals surface area contributed by atoms with Gasteiger partial charge >= 0.3 is 0 Å². The number of benzene rings is 1. The highest BCUT2D eigenvalue weighted by Crippen LogP contribution is 2.25. The monoisotopic (exact) mass is 288 g/mol. The molecular formula is C13H9BrN2O. The van der Waals surface area contributed by atoms with Crippen LogP contribution >= 0.6 is 15.9 Å². The molecule has 3 nitrogen and oxygen atoms in total. The van der Waals surface area contributed by atoms with Crippen LogP contribution in [0.25, 0.3) is 22.7 Å². The zero-order chi connectivity index (χ0) is 11.8. The van der Waals surface area contributed by atoms with Gasteiger partial charge in [0, 0.05) is 16.2 Å². The van der Waals surface area contributed by atoms with Gasteiger partial charge < -0.3 is 4.42 Å². The number of fused-ring (bicyclic) bond motifs is 1. The Balaban J connectivity index is 2.18. The van der Waals surface area contributed by atoms with Gasteiger partial charge in [0.1, 0.15) is 5.52 Å². The minimum Gasteiger partial charge on any atom is -0.418 e. The van der Waals surface area contributed by atoms with Crippen molar-refractivity contribution >= 4 is 27.2 Å². The van der Waals surface area contributed by atoms with Crippen LogP contribution in [-0.2, 0) is 0 Å². The molecule has 0 unspecified atom stereocenters. The normalized spacial score (nSPS) is 10.9. The summed E-state index contributed by atoms with van der Waals surface area (Å²) in [6, 6.07) is 9.78. The standard InChI is InChI=1S/C13H9BrN2O/c1-8-6-7-15-13-11(8)16-12(17-13)9-2-4-10(14)5-3-9/h2-7H,1H3. The molecule has 0 N–H and O–H groups in total. The van der Waals surface area contributed by atoms with Gasteiger partial charge in [0.05, 0.1) is 0 Å². The second-order valence-electron chi connectivity index (χ2n) is 3.81. The molecule has 0 saturated heterocycles. The molecule has 0 amide bonds. The first-order valence-corrected chi connectivity index (χ1v) is 6.01. The Labute approximate surface area is 107 Å². The van der Waals surface area contributed by atoms with Crippen LogP contribution in [-0.4, -0.2) is 9.97 Å². The summed E-state index contributed by atoms with van der Waals surface area (Å²) >= 11 is 3.40. The van der Waals surface area contributed by atoms with Gasteiger partial charge in [-0.3, -0.25) is 0 Å². The number of oxazole rings is 1. The molecular weight excluding hydrogens is 280 g/mol. The van der Waals surface area contributed by atoms with E-state index in [2.05, 4.69) is 25.9 Å². The fraction of sp³-hybridized carbons (Fsp3) is 0.0769. The maximum atomic E-state index is 5.64. The highest BCUT2D eigenvalue weighted by atomic mass is 79.9. The summed E-state index contributed by atoms with van der Waals surface area (Å²) < 4.78 is 6.67. The summed E-state index contributed by atoms with van der Waals surface area (Å²) in [5.74, 6) is 0.606. The Morgan fingerprint density at radius 2 is 1.88 bits per heavy atom. The molecule has 0 atom stereocenters. The lowest BCUT2D eigenvalue weighted by atomic mass is 10.2. The van der Waals surface area contributed by atoms with Gasteiger partial charge in [0.25, 0.3) is 0 Å². The van der Waals surface area contributed by atoms with Crippen LogP contribution in [0.4, 0.5) is 0 Å². The third-order valence-corrected chi connectivity index (χ3v) is 3.12.